The molecule has 0 radical (unpaired) electrons. The van der Waals surface area contributed by atoms with E-state index in [1.54, 1.807) is 37.3 Å². The number of nitriles is 1. The molecule has 0 spiro atoms. The van der Waals surface area contributed by atoms with Crippen LogP contribution >= 0.6 is 11.8 Å². The molecule has 4 rings (SSSR count). The van der Waals surface area contributed by atoms with Crippen LogP contribution in [0.1, 0.15) is 28.8 Å². The summed E-state index contributed by atoms with van der Waals surface area (Å²) in [6.07, 6.45) is 0. The van der Waals surface area contributed by atoms with Crippen molar-refractivity contribution < 1.29 is 19.4 Å². The lowest BCUT2D eigenvalue weighted by molar-refractivity contribution is -0.138. The minimum absolute atomic E-state index is 0.0242. The fourth-order valence-electron chi connectivity index (χ4n) is 3.57. The number of benzene rings is 2. The summed E-state index contributed by atoms with van der Waals surface area (Å²) >= 11 is 1.26. The molecule has 0 bridgehead atoms. The molecule has 2 aromatic rings. The molecular formula is C22H17N3O4S. The molecule has 2 aliphatic rings. The highest BCUT2D eigenvalue weighted by molar-refractivity contribution is 8.03. The summed E-state index contributed by atoms with van der Waals surface area (Å²) in [5.74, 6) is -1.95. The van der Waals surface area contributed by atoms with Gasteiger partial charge in [-0.2, -0.15) is 5.26 Å². The van der Waals surface area contributed by atoms with Gasteiger partial charge in [0.25, 0.3) is 5.91 Å². The van der Waals surface area contributed by atoms with E-state index in [0.717, 1.165) is 0 Å². The third-order valence-electron chi connectivity index (χ3n) is 4.90. The number of ether oxygens (including phenoxy) is 1. The summed E-state index contributed by atoms with van der Waals surface area (Å²) in [5.41, 5.74) is 7.62. The van der Waals surface area contributed by atoms with Gasteiger partial charge in [-0.25, -0.2) is 4.79 Å². The molecule has 7 nitrogen and oxygen atoms in total. The van der Waals surface area contributed by atoms with Gasteiger partial charge in [0, 0.05) is 4.90 Å². The summed E-state index contributed by atoms with van der Waals surface area (Å²) in [6, 6.07) is 15.4. The largest absolute Gasteiger partial charge is 0.508 e. The Labute approximate surface area is 177 Å². The van der Waals surface area contributed by atoms with Crippen molar-refractivity contribution in [2.45, 2.75) is 17.7 Å². The van der Waals surface area contributed by atoms with Gasteiger partial charge in [-0.15, -0.1) is 0 Å². The molecule has 2 aliphatic heterocycles. The first-order chi connectivity index (χ1) is 14.5. The number of carbonyl (C=O) groups excluding carboxylic acids is 2. The van der Waals surface area contributed by atoms with E-state index < -0.39 is 17.8 Å². The van der Waals surface area contributed by atoms with Crippen LogP contribution in [0, 0.1) is 11.3 Å². The maximum absolute atomic E-state index is 13.2. The molecule has 0 aromatic heterocycles. The van der Waals surface area contributed by atoms with Crippen LogP contribution in [0.5, 0.6) is 5.75 Å². The number of carbonyl (C=O) groups is 2. The van der Waals surface area contributed by atoms with Crippen LogP contribution in [0.2, 0.25) is 0 Å². The summed E-state index contributed by atoms with van der Waals surface area (Å²) in [6.45, 7) is 1.78. The Morgan fingerprint density at radius 3 is 2.63 bits per heavy atom. The van der Waals surface area contributed by atoms with Crippen molar-refractivity contribution in [1.82, 2.24) is 4.90 Å². The minimum atomic E-state index is -0.827. The summed E-state index contributed by atoms with van der Waals surface area (Å²) in [4.78, 5) is 28.0. The molecule has 0 saturated carbocycles. The SMILES string of the molecule is CCOC(=O)C1=C(N)N2C(=O)c3ccccc3SC2=C(C#N)C1c1ccc(O)cc1. The van der Waals surface area contributed by atoms with Crippen LogP contribution in [0.25, 0.3) is 0 Å². The van der Waals surface area contributed by atoms with Crippen LogP contribution < -0.4 is 5.73 Å². The molecule has 3 N–H and O–H groups in total. The third-order valence-corrected chi connectivity index (χ3v) is 6.07. The standard InChI is InChI=1S/C22H17N3O4S/c1-2-29-22(28)18-17(12-7-9-13(26)10-8-12)15(11-23)21-25(19(18)24)20(27)14-5-3-4-6-16(14)30-21/h3-10,17,26H,2,24H2,1H3. The fourth-order valence-corrected chi connectivity index (χ4v) is 4.74. The smallest absolute Gasteiger partial charge is 0.338 e. The fraction of sp³-hybridized carbons (Fsp3) is 0.136. The summed E-state index contributed by atoms with van der Waals surface area (Å²) in [7, 11) is 0. The maximum Gasteiger partial charge on any atom is 0.338 e. The average molecular weight is 419 g/mol. The van der Waals surface area contributed by atoms with Crippen LogP contribution in [0.15, 0.2) is 75.4 Å². The quantitative estimate of drug-likeness (QED) is 0.734. The molecule has 30 heavy (non-hydrogen) atoms. The Morgan fingerprint density at radius 2 is 1.97 bits per heavy atom. The second-order valence-corrected chi connectivity index (χ2v) is 7.64. The minimum Gasteiger partial charge on any atom is -0.508 e. The van der Waals surface area contributed by atoms with Crippen molar-refractivity contribution in [3.05, 3.63) is 81.7 Å². The number of thioether (sulfide) groups is 1. The van der Waals surface area contributed by atoms with E-state index in [1.165, 1.54) is 28.8 Å². The predicted octanol–water partition coefficient (Wildman–Crippen LogP) is 3.21. The zero-order valence-corrected chi connectivity index (χ0v) is 16.8. The van der Waals surface area contributed by atoms with Gasteiger partial charge in [0.05, 0.1) is 35.3 Å². The normalized spacial score (nSPS) is 17.9. The molecule has 2 aromatic carbocycles. The molecule has 2 heterocycles. The summed E-state index contributed by atoms with van der Waals surface area (Å²) in [5, 5.41) is 20.1. The van der Waals surface area contributed by atoms with Gasteiger partial charge in [-0.3, -0.25) is 9.69 Å². The molecule has 150 valence electrons. The van der Waals surface area contributed by atoms with Crippen molar-refractivity contribution in [2.24, 2.45) is 5.73 Å². The first-order valence-electron chi connectivity index (χ1n) is 9.19. The highest BCUT2D eigenvalue weighted by Gasteiger charge is 2.44. The van der Waals surface area contributed by atoms with Gasteiger partial charge >= 0.3 is 5.97 Å². The zero-order chi connectivity index (χ0) is 21.4. The number of fused-ring (bicyclic) bond motifs is 2. The molecular weight excluding hydrogens is 402 g/mol. The lowest BCUT2D eigenvalue weighted by Gasteiger charge is -2.38. The number of hydrogen-bond acceptors (Lipinski definition) is 7. The molecule has 8 heteroatoms. The Bertz CT molecular complexity index is 1160. The number of esters is 1. The molecule has 0 saturated heterocycles. The summed E-state index contributed by atoms with van der Waals surface area (Å²) < 4.78 is 5.20. The number of nitrogens with zero attached hydrogens (tertiary/aromatic N) is 2. The topological polar surface area (TPSA) is 117 Å². The molecule has 1 unspecified atom stereocenters. The second-order valence-electron chi connectivity index (χ2n) is 6.61. The van der Waals surface area contributed by atoms with Gasteiger partial charge in [0.1, 0.15) is 16.6 Å². The number of hydrogen-bond donors (Lipinski definition) is 2. The van der Waals surface area contributed by atoms with Crippen LogP contribution in [-0.4, -0.2) is 28.5 Å². The van der Waals surface area contributed by atoms with E-state index in [1.807, 2.05) is 6.07 Å². The van der Waals surface area contributed by atoms with E-state index >= 15 is 0 Å². The van der Waals surface area contributed by atoms with Crippen molar-refractivity contribution in [3.8, 4) is 11.8 Å². The van der Waals surface area contributed by atoms with E-state index in [0.29, 0.717) is 21.1 Å². The number of aromatic hydroxyl groups is 1. The van der Waals surface area contributed by atoms with E-state index in [-0.39, 0.29) is 29.3 Å². The van der Waals surface area contributed by atoms with Crippen molar-refractivity contribution in [2.75, 3.05) is 6.61 Å². The first kappa shape index (κ1) is 19.6. The Balaban J connectivity index is 1.98. The maximum atomic E-state index is 13.2. The number of phenolic OH excluding ortho intramolecular Hbond substituents is 1. The van der Waals surface area contributed by atoms with Gasteiger partial charge in [0.2, 0.25) is 0 Å². The number of rotatable bonds is 3. The lowest BCUT2D eigenvalue weighted by Crippen LogP contribution is -2.42. The molecule has 1 amide bonds. The van der Waals surface area contributed by atoms with E-state index in [4.69, 9.17) is 10.5 Å². The Morgan fingerprint density at radius 1 is 1.27 bits per heavy atom. The highest BCUT2D eigenvalue weighted by Crippen LogP contribution is 2.49. The van der Waals surface area contributed by atoms with E-state index in [2.05, 4.69) is 6.07 Å². The zero-order valence-electron chi connectivity index (χ0n) is 16.0. The number of allylic oxidation sites excluding steroid dienone is 1. The van der Waals surface area contributed by atoms with E-state index in [9.17, 15) is 20.0 Å². The number of nitrogens with two attached hydrogens (primary N) is 1. The monoisotopic (exact) mass is 419 g/mol. The molecule has 0 aliphatic carbocycles. The van der Waals surface area contributed by atoms with Gasteiger partial charge in [-0.1, -0.05) is 36.0 Å². The average Bonchev–Trinajstić information content (AvgIpc) is 2.74. The van der Waals surface area contributed by atoms with Crippen molar-refractivity contribution in [3.63, 3.8) is 0 Å². The van der Waals surface area contributed by atoms with Crippen LogP contribution in [-0.2, 0) is 9.53 Å². The van der Waals surface area contributed by atoms with Crippen molar-refractivity contribution in [1.29, 1.82) is 5.26 Å². The van der Waals surface area contributed by atoms with Crippen LogP contribution in [0.3, 0.4) is 0 Å². The Kier molecular flexibility index (Phi) is 4.98. The van der Waals surface area contributed by atoms with Gasteiger partial charge < -0.3 is 15.6 Å². The molecule has 0 fully saturated rings. The lowest BCUT2D eigenvalue weighted by atomic mass is 9.83. The van der Waals surface area contributed by atoms with Gasteiger partial charge in [-0.05, 0) is 36.8 Å². The number of phenols is 1. The predicted molar refractivity (Wildman–Crippen MR) is 110 cm³/mol. The first-order valence-corrected chi connectivity index (χ1v) is 10.0. The van der Waals surface area contributed by atoms with Crippen molar-refractivity contribution >= 4 is 23.6 Å². The highest BCUT2D eigenvalue weighted by atomic mass is 32.2. The third kappa shape index (κ3) is 3.00. The Hall–Kier alpha value is -3.70. The van der Waals surface area contributed by atoms with Gasteiger partial charge in [0.15, 0.2) is 0 Å². The number of amides is 1. The second kappa shape index (κ2) is 7.61. The van der Waals surface area contributed by atoms with Crippen LogP contribution in [0.4, 0.5) is 0 Å². The molecule has 1 atom stereocenters.